The van der Waals surface area contributed by atoms with E-state index >= 15 is 0 Å². The van der Waals surface area contributed by atoms with E-state index in [9.17, 15) is 14.7 Å². The van der Waals surface area contributed by atoms with Gasteiger partial charge in [0, 0.05) is 10.2 Å². The maximum atomic E-state index is 12.4. The molecule has 11 nitrogen and oxygen atoms in total. The van der Waals surface area contributed by atoms with Crippen LogP contribution in [0.25, 0.3) is 0 Å². The maximum Gasteiger partial charge on any atom is 0.337 e. The molecule has 0 fully saturated rings. The molecule has 2 amide bonds. The number of urea groups is 1. The van der Waals surface area contributed by atoms with Crippen LogP contribution in [0.3, 0.4) is 0 Å². The summed E-state index contributed by atoms with van der Waals surface area (Å²) in [6.07, 6.45) is 0.337. The number of hydrazone groups is 1. The molecule has 4 rings (SSSR count). The molecular weight excluding hydrogens is 736 g/mol. The molecule has 0 aromatic heterocycles. The van der Waals surface area contributed by atoms with Gasteiger partial charge in [-0.15, -0.1) is 0 Å². The largest absolute Gasteiger partial charge is 0.490 e. The first-order chi connectivity index (χ1) is 21.6. The third-order valence-electron chi connectivity index (χ3n) is 6.43. The number of halogens is 3. The molecule has 0 bridgehead atoms. The summed E-state index contributed by atoms with van der Waals surface area (Å²) in [4.78, 5) is 24.6. The third-order valence-corrected chi connectivity index (χ3v) is 7.82. The van der Waals surface area contributed by atoms with E-state index in [2.05, 4.69) is 53.0 Å². The molecule has 238 valence electrons. The van der Waals surface area contributed by atoms with Gasteiger partial charge in [-0.2, -0.15) is 5.10 Å². The Hall–Kier alpha value is -3.78. The Bertz CT molecular complexity index is 1580. The number of allylic oxidation sites excluding steroid dienone is 1. The molecular formula is C31H31Br2ClN4O7. The number of nitrogens with one attached hydrogen (secondary N) is 3. The summed E-state index contributed by atoms with van der Waals surface area (Å²) in [5.41, 5.74) is 5.50. The molecule has 3 aromatic rings. The summed E-state index contributed by atoms with van der Waals surface area (Å²) < 4.78 is 24.0. The van der Waals surface area contributed by atoms with Crippen LogP contribution in [-0.2, 0) is 16.1 Å². The molecule has 2 atom stereocenters. The van der Waals surface area contributed by atoms with Crippen LogP contribution in [0.4, 0.5) is 4.79 Å². The molecule has 14 heteroatoms. The number of benzene rings is 3. The number of amides is 2. The molecule has 4 N–H and O–H groups in total. The molecule has 1 aliphatic heterocycles. The fourth-order valence-corrected chi connectivity index (χ4v) is 5.60. The lowest BCUT2D eigenvalue weighted by atomic mass is 9.95. The van der Waals surface area contributed by atoms with Crippen LogP contribution in [0.15, 0.2) is 79.9 Å². The summed E-state index contributed by atoms with van der Waals surface area (Å²) in [5.74, 6) is 0.640. The van der Waals surface area contributed by atoms with Gasteiger partial charge >= 0.3 is 12.0 Å². The Balaban J connectivity index is 1.37. The first kappa shape index (κ1) is 34.1. The predicted octanol–water partition coefficient (Wildman–Crippen LogP) is 5.96. The van der Waals surface area contributed by atoms with E-state index < -0.39 is 24.3 Å². The zero-order valence-electron chi connectivity index (χ0n) is 24.5. The van der Waals surface area contributed by atoms with Crippen molar-refractivity contribution in [1.82, 2.24) is 16.1 Å². The van der Waals surface area contributed by atoms with Crippen molar-refractivity contribution >= 4 is 61.7 Å². The molecule has 0 spiro atoms. The minimum atomic E-state index is -1.16. The Morgan fingerprint density at radius 1 is 1.11 bits per heavy atom. The van der Waals surface area contributed by atoms with Crippen molar-refractivity contribution < 1.29 is 33.6 Å². The predicted molar refractivity (Wildman–Crippen MR) is 177 cm³/mol. The van der Waals surface area contributed by atoms with E-state index in [0.717, 1.165) is 10.0 Å². The fraction of sp³-hybridized carbons (Fsp3) is 0.258. The van der Waals surface area contributed by atoms with Crippen LogP contribution in [0.2, 0.25) is 5.02 Å². The SMILES string of the molecule is CCOc1cc([C@H]2NC(=O)NC(C)=C2C(=O)OC)ccc1OC[C@H](O)N/N=C\c1cc(Cl)c(OCc2ccc(Br)cc2)c(Br)c1. The lowest BCUT2D eigenvalue weighted by molar-refractivity contribution is -0.136. The first-order valence-corrected chi connectivity index (χ1v) is 15.6. The van der Waals surface area contributed by atoms with Gasteiger partial charge in [0.15, 0.2) is 23.5 Å². The number of hydrogen-bond acceptors (Lipinski definition) is 9. The van der Waals surface area contributed by atoms with Gasteiger partial charge in [-0.1, -0.05) is 45.7 Å². The number of carbonyl (C=O) groups excluding carboxylic acids is 2. The van der Waals surface area contributed by atoms with Crippen LogP contribution in [-0.4, -0.2) is 49.9 Å². The number of ether oxygens (including phenoxy) is 4. The molecule has 0 saturated heterocycles. The second kappa shape index (κ2) is 16.0. The van der Waals surface area contributed by atoms with Crippen LogP contribution in [0.5, 0.6) is 17.2 Å². The van der Waals surface area contributed by atoms with E-state index in [1.165, 1.54) is 13.3 Å². The lowest BCUT2D eigenvalue weighted by Crippen LogP contribution is -2.45. The van der Waals surface area contributed by atoms with E-state index in [4.69, 9.17) is 30.5 Å². The van der Waals surface area contributed by atoms with Crippen molar-refractivity contribution in [3.05, 3.63) is 96.5 Å². The molecule has 0 radical (unpaired) electrons. The van der Waals surface area contributed by atoms with Crippen molar-refractivity contribution in [1.29, 1.82) is 0 Å². The molecule has 0 aliphatic carbocycles. The van der Waals surface area contributed by atoms with Gasteiger partial charge in [0.25, 0.3) is 0 Å². The third kappa shape index (κ3) is 9.13. The Morgan fingerprint density at radius 2 is 1.87 bits per heavy atom. The van der Waals surface area contributed by atoms with Crippen LogP contribution in [0.1, 0.15) is 36.6 Å². The van der Waals surface area contributed by atoms with Crippen molar-refractivity contribution in [2.24, 2.45) is 5.10 Å². The summed E-state index contributed by atoms with van der Waals surface area (Å²) in [7, 11) is 1.27. The molecule has 3 aromatic carbocycles. The zero-order chi connectivity index (χ0) is 32.5. The molecule has 1 aliphatic rings. The minimum Gasteiger partial charge on any atom is -0.490 e. The smallest absolute Gasteiger partial charge is 0.337 e. The number of hydrogen-bond donors (Lipinski definition) is 4. The average Bonchev–Trinajstić information content (AvgIpc) is 3.00. The van der Waals surface area contributed by atoms with Crippen LogP contribution >= 0.6 is 43.5 Å². The standard InChI is InChI=1S/C31H31Br2ClN4O7/c1-4-43-25-13-20(28-27(30(40)42-3)17(2)36-31(41)37-28)7-10-24(25)44-16-26(39)38-35-14-19-11-22(33)29(23(34)12-19)45-15-18-5-8-21(32)9-6-18/h5-14,26,28,38-39H,4,15-16H2,1-3H3,(H2,36,37,41)/b35-14-/t26-,28+/m0/s1. The van der Waals surface area contributed by atoms with Gasteiger partial charge < -0.3 is 34.7 Å². The summed E-state index contributed by atoms with van der Waals surface area (Å²) >= 11 is 13.4. The van der Waals surface area contributed by atoms with E-state index in [0.29, 0.717) is 56.8 Å². The van der Waals surface area contributed by atoms with Gasteiger partial charge in [0.2, 0.25) is 0 Å². The second-order valence-corrected chi connectivity index (χ2v) is 11.8. The van der Waals surface area contributed by atoms with Gasteiger partial charge in [0.05, 0.1) is 41.0 Å². The number of aliphatic hydroxyl groups is 1. The first-order valence-electron chi connectivity index (χ1n) is 13.7. The fourth-order valence-electron chi connectivity index (χ4n) is 4.35. The highest BCUT2D eigenvalue weighted by molar-refractivity contribution is 9.10. The van der Waals surface area contributed by atoms with Crippen molar-refractivity contribution in [3.63, 3.8) is 0 Å². The van der Waals surface area contributed by atoms with E-state index in [1.54, 1.807) is 37.3 Å². The number of carbonyl (C=O) groups is 2. The molecule has 0 unspecified atom stereocenters. The quantitative estimate of drug-likeness (QED) is 0.0724. The Labute approximate surface area is 282 Å². The zero-order valence-corrected chi connectivity index (χ0v) is 28.5. The number of aliphatic hydroxyl groups excluding tert-OH is 1. The number of rotatable bonds is 13. The summed E-state index contributed by atoms with van der Waals surface area (Å²) in [6.45, 7) is 3.94. The summed E-state index contributed by atoms with van der Waals surface area (Å²) in [5, 5.41) is 20.2. The van der Waals surface area contributed by atoms with Gasteiger partial charge in [-0.05, 0) is 82.9 Å². The Morgan fingerprint density at radius 3 is 2.56 bits per heavy atom. The minimum absolute atomic E-state index is 0.166. The van der Waals surface area contributed by atoms with Crippen molar-refractivity contribution in [2.45, 2.75) is 32.7 Å². The highest BCUT2D eigenvalue weighted by atomic mass is 79.9. The summed E-state index contributed by atoms with van der Waals surface area (Å²) in [6, 6.07) is 15.1. The average molecular weight is 767 g/mol. The molecule has 1 heterocycles. The highest BCUT2D eigenvalue weighted by Gasteiger charge is 2.32. The van der Waals surface area contributed by atoms with E-state index in [1.807, 2.05) is 31.2 Å². The van der Waals surface area contributed by atoms with Gasteiger partial charge in [-0.3, -0.25) is 5.43 Å². The lowest BCUT2D eigenvalue weighted by Gasteiger charge is -2.28. The normalized spacial score (nSPS) is 15.3. The number of nitrogens with zero attached hydrogens (tertiary/aromatic N) is 1. The van der Waals surface area contributed by atoms with Crippen molar-refractivity contribution in [2.75, 3.05) is 20.3 Å². The molecule has 0 saturated carbocycles. The Kier molecular flexibility index (Phi) is 12.1. The molecule has 45 heavy (non-hydrogen) atoms. The van der Waals surface area contributed by atoms with Gasteiger partial charge in [-0.25, -0.2) is 9.59 Å². The monoisotopic (exact) mass is 764 g/mol. The number of esters is 1. The van der Waals surface area contributed by atoms with E-state index in [-0.39, 0.29) is 12.2 Å². The van der Waals surface area contributed by atoms with Gasteiger partial charge in [0.1, 0.15) is 13.2 Å². The number of methoxy groups -OCH3 is 1. The highest BCUT2D eigenvalue weighted by Crippen LogP contribution is 2.36. The second-order valence-electron chi connectivity index (χ2n) is 9.64. The topological polar surface area (TPSA) is 140 Å². The maximum absolute atomic E-state index is 12.4. The van der Waals surface area contributed by atoms with Crippen LogP contribution in [0, 0.1) is 0 Å². The van der Waals surface area contributed by atoms with Crippen molar-refractivity contribution in [3.8, 4) is 17.2 Å². The van der Waals surface area contributed by atoms with Crippen LogP contribution < -0.4 is 30.3 Å².